The lowest BCUT2D eigenvalue weighted by molar-refractivity contribution is -0.117. The number of nitrogens with two attached hydrogens (primary N) is 1. The van der Waals surface area contributed by atoms with Crippen LogP contribution in [-0.4, -0.2) is 12.5 Å². The Kier molecular flexibility index (Phi) is 7.82. The molecule has 0 unspecified atom stereocenters. The first-order valence-corrected chi connectivity index (χ1v) is 9.14. The fourth-order valence-corrected chi connectivity index (χ4v) is 2.74. The largest absolute Gasteiger partial charge is 0.490 e. The minimum atomic E-state index is -0.539. The van der Waals surface area contributed by atoms with E-state index in [4.69, 9.17) is 16.9 Å². The van der Waals surface area contributed by atoms with Crippen molar-refractivity contribution in [3.63, 3.8) is 0 Å². The lowest BCUT2D eigenvalue weighted by Crippen LogP contribution is -2.26. The molecule has 0 saturated carbocycles. The quantitative estimate of drug-likeness (QED) is 0.524. The Balaban J connectivity index is 2.03. The lowest BCUT2D eigenvalue weighted by atomic mass is 10.1. The van der Waals surface area contributed by atoms with Crippen LogP contribution in [0.15, 0.2) is 53.0 Å². The van der Waals surface area contributed by atoms with Crippen LogP contribution in [0.25, 0.3) is 0 Å². The minimum Gasteiger partial charge on any atom is -0.490 e. The summed E-state index contributed by atoms with van der Waals surface area (Å²) in [4.78, 5) is 12.5. The molecule has 1 aliphatic rings. The van der Waals surface area contributed by atoms with Crippen LogP contribution in [0.4, 0.5) is 8.78 Å². The molecule has 0 fully saturated rings. The van der Waals surface area contributed by atoms with Crippen molar-refractivity contribution in [2.45, 2.75) is 39.2 Å². The van der Waals surface area contributed by atoms with Crippen LogP contribution in [0, 0.1) is 18.2 Å². The van der Waals surface area contributed by atoms with Crippen LogP contribution in [-0.2, 0) is 11.3 Å². The van der Waals surface area contributed by atoms with Crippen LogP contribution in [0.1, 0.15) is 38.2 Å². The molecule has 0 heterocycles. The van der Waals surface area contributed by atoms with E-state index >= 15 is 0 Å². The monoisotopic (exact) mass is 386 g/mol. The zero-order chi connectivity index (χ0) is 20.5. The maximum Gasteiger partial charge on any atom is 0.253 e. The van der Waals surface area contributed by atoms with E-state index in [1.54, 1.807) is 12.1 Å². The van der Waals surface area contributed by atoms with Gasteiger partial charge in [-0.05, 0) is 36.6 Å². The van der Waals surface area contributed by atoms with Gasteiger partial charge in [0.25, 0.3) is 5.91 Å². The van der Waals surface area contributed by atoms with Crippen LogP contribution in [0.3, 0.4) is 0 Å². The topological polar surface area (TPSA) is 64.3 Å². The Bertz CT molecular complexity index is 864. The second kappa shape index (κ2) is 10.3. The number of halogens is 2. The van der Waals surface area contributed by atoms with E-state index in [1.165, 1.54) is 18.2 Å². The number of unbranched alkanes of at least 4 members (excludes halogenated alkanes) is 1. The average molecular weight is 386 g/mol. The summed E-state index contributed by atoms with van der Waals surface area (Å²) in [5, 5.41) is 2.63. The second-order valence-corrected chi connectivity index (χ2v) is 6.32. The molecule has 0 aliphatic heterocycles. The van der Waals surface area contributed by atoms with Crippen molar-refractivity contribution in [3.8, 4) is 18.1 Å². The van der Waals surface area contributed by atoms with E-state index in [2.05, 4.69) is 11.2 Å². The van der Waals surface area contributed by atoms with Crippen LogP contribution < -0.4 is 15.8 Å². The Morgan fingerprint density at radius 2 is 2.14 bits per heavy atom. The van der Waals surface area contributed by atoms with Crippen LogP contribution >= 0.6 is 0 Å². The predicted octanol–water partition coefficient (Wildman–Crippen LogP) is 4.04. The SMILES string of the molecule is C#CCCCOc1cccc(CNC(=O)C2=C(N)CC(CC)=C(F)C=C2)c1F. The van der Waals surface area contributed by atoms with E-state index in [9.17, 15) is 13.6 Å². The highest BCUT2D eigenvalue weighted by atomic mass is 19.1. The third kappa shape index (κ3) is 5.46. The van der Waals surface area contributed by atoms with Gasteiger partial charge in [-0.2, -0.15) is 0 Å². The van der Waals surface area contributed by atoms with Gasteiger partial charge < -0.3 is 15.8 Å². The van der Waals surface area contributed by atoms with Crippen LogP contribution in [0.5, 0.6) is 5.75 Å². The summed E-state index contributed by atoms with van der Waals surface area (Å²) in [5.74, 6) is 1.19. The zero-order valence-electron chi connectivity index (χ0n) is 15.9. The first kappa shape index (κ1) is 21.2. The van der Waals surface area contributed by atoms with Gasteiger partial charge in [0.2, 0.25) is 0 Å². The fourth-order valence-electron chi connectivity index (χ4n) is 2.74. The molecule has 0 radical (unpaired) electrons. The third-order valence-electron chi connectivity index (χ3n) is 4.36. The van der Waals surface area contributed by atoms with Gasteiger partial charge >= 0.3 is 0 Å². The molecule has 0 atom stereocenters. The van der Waals surface area contributed by atoms with Gasteiger partial charge in [-0.25, -0.2) is 8.78 Å². The van der Waals surface area contributed by atoms with Gasteiger partial charge in [-0.3, -0.25) is 4.79 Å². The van der Waals surface area contributed by atoms with Gasteiger partial charge in [0.1, 0.15) is 5.83 Å². The molecule has 28 heavy (non-hydrogen) atoms. The van der Waals surface area contributed by atoms with Gasteiger partial charge in [0.05, 0.1) is 12.2 Å². The molecule has 1 amide bonds. The standard InChI is InChI=1S/C22H24F2N2O2/c1-3-5-6-12-28-20-9-7-8-16(21(20)24)14-26-22(27)17-10-11-18(23)15(4-2)13-19(17)25/h1,7-11H,4-6,12-14,25H2,2H3,(H,26,27). The molecule has 0 bridgehead atoms. The molecule has 1 aliphatic carbocycles. The molecule has 0 aromatic heterocycles. The number of allylic oxidation sites excluding steroid dienone is 3. The smallest absolute Gasteiger partial charge is 0.253 e. The molecule has 4 nitrogen and oxygen atoms in total. The Morgan fingerprint density at radius 3 is 2.86 bits per heavy atom. The van der Waals surface area contributed by atoms with Crippen molar-refractivity contribution < 1.29 is 18.3 Å². The number of carbonyl (C=O) groups excluding carboxylic acids is 1. The molecule has 1 aromatic rings. The normalized spacial score (nSPS) is 13.9. The maximum absolute atomic E-state index is 14.5. The molecular weight excluding hydrogens is 362 g/mol. The number of terminal acetylenes is 1. The van der Waals surface area contributed by atoms with E-state index in [-0.39, 0.29) is 41.4 Å². The first-order chi connectivity index (χ1) is 13.5. The van der Waals surface area contributed by atoms with Crippen molar-refractivity contribution in [1.29, 1.82) is 0 Å². The van der Waals surface area contributed by atoms with Crippen molar-refractivity contribution in [1.82, 2.24) is 5.32 Å². The van der Waals surface area contributed by atoms with Crippen LogP contribution in [0.2, 0.25) is 0 Å². The molecule has 2 rings (SSSR count). The van der Waals surface area contributed by atoms with E-state index in [0.717, 1.165) is 0 Å². The number of ether oxygens (including phenoxy) is 1. The zero-order valence-corrected chi connectivity index (χ0v) is 15.9. The number of hydrogen-bond acceptors (Lipinski definition) is 3. The summed E-state index contributed by atoms with van der Waals surface area (Å²) in [5.41, 5.74) is 7.25. The Labute approximate surface area is 164 Å². The number of nitrogens with one attached hydrogen (secondary N) is 1. The maximum atomic E-state index is 14.5. The summed E-state index contributed by atoms with van der Waals surface area (Å²) >= 11 is 0. The predicted molar refractivity (Wildman–Crippen MR) is 105 cm³/mol. The number of benzene rings is 1. The van der Waals surface area contributed by atoms with Gasteiger partial charge in [-0.1, -0.05) is 19.1 Å². The number of amides is 1. The minimum absolute atomic E-state index is 0.0482. The summed E-state index contributed by atoms with van der Waals surface area (Å²) in [6.45, 7) is 2.09. The number of rotatable bonds is 8. The van der Waals surface area contributed by atoms with Gasteiger partial charge in [0, 0.05) is 30.6 Å². The van der Waals surface area contributed by atoms with E-state index in [1.807, 2.05) is 6.92 Å². The molecular formula is C22H24F2N2O2. The summed E-state index contributed by atoms with van der Waals surface area (Å²) in [7, 11) is 0. The molecule has 6 heteroatoms. The second-order valence-electron chi connectivity index (χ2n) is 6.32. The molecule has 1 aromatic carbocycles. The van der Waals surface area contributed by atoms with Gasteiger partial charge in [0.15, 0.2) is 11.6 Å². The highest BCUT2D eigenvalue weighted by molar-refractivity contribution is 5.97. The molecule has 0 saturated heterocycles. The highest BCUT2D eigenvalue weighted by Crippen LogP contribution is 2.25. The van der Waals surface area contributed by atoms with Gasteiger partial charge in [-0.15, -0.1) is 12.3 Å². The highest BCUT2D eigenvalue weighted by Gasteiger charge is 2.17. The summed E-state index contributed by atoms with van der Waals surface area (Å²) in [6.07, 6.45) is 9.63. The number of carbonyl (C=O) groups is 1. The van der Waals surface area contributed by atoms with E-state index in [0.29, 0.717) is 31.4 Å². The lowest BCUT2D eigenvalue weighted by Gasteiger charge is -2.12. The summed E-state index contributed by atoms with van der Waals surface area (Å²) < 4.78 is 33.9. The average Bonchev–Trinajstić information content (AvgIpc) is 2.83. The van der Waals surface area contributed by atoms with E-state index < -0.39 is 11.7 Å². The molecule has 148 valence electrons. The number of hydrogen-bond donors (Lipinski definition) is 2. The Hall–Kier alpha value is -3.07. The van der Waals surface area contributed by atoms with Crippen molar-refractivity contribution in [2.75, 3.05) is 6.61 Å². The van der Waals surface area contributed by atoms with Crippen molar-refractivity contribution >= 4 is 5.91 Å². The Morgan fingerprint density at radius 1 is 1.36 bits per heavy atom. The summed E-state index contributed by atoms with van der Waals surface area (Å²) in [6, 6.07) is 4.72. The van der Waals surface area contributed by atoms with Crippen molar-refractivity contribution in [2.24, 2.45) is 5.73 Å². The first-order valence-electron chi connectivity index (χ1n) is 9.14. The third-order valence-corrected chi connectivity index (χ3v) is 4.36. The molecule has 3 N–H and O–H groups in total. The molecule has 0 spiro atoms. The fraction of sp³-hybridized carbons (Fsp3) is 0.318. The van der Waals surface area contributed by atoms with Crippen molar-refractivity contribution in [3.05, 3.63) is 64.4 Å².